The van der Waals surface area contributed by atoms with Crippen LogP contribution in [-0.4, -0.2) is 15.7 Å². The highest BCUT2D eigenvalue weighted by atomic mass is 35.5. The van der Waals surface area contributed by atoms with Crippen LogP contribution in [0, 0.1) is 20.8 Å². The highest BCUT2D eigenvalue weighted by molar-refractivity contribution is 6.35. The SMILES string of the molecule is Cc1ccc(C)c(C(=O)Nc2cc(C)n(Cc3c(Cl)cccc3Cl)n2)c1. The summed E-state index contributed by atoms with van der Waals surface area (Å²) < 4.78 is 1.77. The van der Waals surface area contributed by atoms with Crippen LogP contribution in [0.1, 0.15) is 32.7 Å². The summed E-state index contributed by atoms with van der Waals surface area (Å²) in [7, 11) is 0. The van der Waals surface area contributed by atoms with Gasteiger partial charge >= 0.3 is 0 Å². The molecule has 1 aromatic heterocycles. The van der Waals surface area contributed by atoms with Crippen molar-refractivity contribution < 1.29 is 4.79 Å². The summed E-state index contributed by atoms with van der Waals surface area (Å²) in [6.45, 7) is 6.23. The Morgan fingerprint density at radius 3 is 2.46 bits per heavy atom. The molecule has 0 saturated heterocycles. The summed E-state index contributed by atoms with van der Waals surface area (Å²) in [5.41, 5.74) is 4.31. The normalized spacial score (nSPS) is 10.8. The van der Waals surface area contributed by atoms with Crippen molar-refractivity contribution in [1.29, 1.82) is 0 Å². The second-order valence-corrected chi connectivity index (χ2v) is 7.12. The lowest BCUT2D eigenvalue weighted by molar-refractivity contribution is 0.102. The van der Waals surface area contributed by atoms with E-state index in [4.69, 9.17) is 23.2 Å². The van der Waals surface area contributed by atoms with Gasteiger partial charge in [0.1, 0.15) is 0 Å². The zero-order valence-electron chi connectivity index (χ0n) is 14.8. The number of carbonyl (C=O) groups excluding carboxylic acids is 1. The maximum Gasteiger partial charge on any atom is 0.257 e. The van der Waals surface area contributed by atoms with Crippen LogP contribution in [0.15, 0.2) is 42.5 Å². The molecule has 1 amide bonds. The van der Waals surface area contributed by atoms with E-state index in [1.54, 1.807) is 22.9 Å². The number of aryl methyl sites for hydroxylation is 3. The Balaban J connectivity index is 1.82. The highest BCUT2D eigenvalue weighted by Crippen LogP contribution is 2.26. The first-order valence-corrected chi connectivity index (χ1v) is 8.96. The number of carbonyl (C=O) groups is 1. The van der Waals surface area contributed by atoms with Gasteiger partial charge in [-0.25, -0.2) is 0 Å². The van der Waals surface area contributed by atoms with Crippen molar-refractivity contribution in [2.24, 2.45) is 0 Å². The van der Waals surface area contributed by atoms with Crippen LogP contribution in [0.5, 0.6) is 0 Å². The Hall–Kier alpha value is -2.30. The van der Waals surface area contributed by atoms with E-state index in [0.29, 0.717) is 28.0 Å². The maximum atomic E-state index is 12.6. The first kappa shape index (κ1) is 18.5. The Bertz CT molecular complexity index is 959. The van der Waals surface area contributed by atoms with Gasteiger partial charge in [-0.1, -0.05) is 47.0 Å². The molecule has 0 aliphatic carbocycles. The molecular formula is C20H19Cl2N3O. The zero-order chi connectivity index (χ0) is 18.8. The predicted octanol–water partition coefficient (Wildman–Crippen LogP) is 5.42. The number of rotatable bonds is 4. The van der Waals surface area contributed by atoms with Gasteiger partial charge in [0.15, 0.2) is 5.82 Å². The maximum absolute atomic E-state index is 12.6. The Labute approximate surface area is 162 Å². The lowest BCUT2D eigenvalue weighted by Gasteiger charge is -2.09. The standard InChI is InChI=1S/C20H19Cl2N3O/c1-12-7-8-13(2)15(9-12)20(26)23-19-10-14(3)25(24-19)11-16-17(21)5-4-6-18(16)22/h4-10H,11H2,1-3H3,(H,23,24,26). The summed E-state index contributed by atoms with van der Waals surface area (Å²) in [5, 5.41) is 8.52. The molecule has 0 aliphatic rings. The largest absolute Gasteiger partial charge is 0.305 e. The Morgan fingerprint density at radius 1 is 1.08 bits per heavy atom. The van der Waals surface area contributed by atoms with Gasteiger partial charge in [0.25, 0.3) is 5.91 Å². The predicted molar refractivity (Wildman–Crippen MR) is 106 cm³/mol. The van der Waals surface area contributed by atoms with Crippen LogP contribution < -0.4 is 5.32 Å². The molecule has 26 heavy (non-hydrogen) atoms. The highest BCUT2D eigenvalue weighted by Gasteiger charge is 2.14. The van der Waals surface area contributed by atoms with E-state index in [0.717, 1.165) is 22.4 Å². The lowest BCUT2D eigenvalue weighted by atomic mass is 10.1. The van der Waals surface area contributed by atoms with Crippen LogP contribution in [0.4, 0.5) is 5.82 Å². The summed E-state index contributed by atoms with van der Waals surface area (Å²) in [4.78, 5) is 12.6. The minimum absolute atomic E-state index is 0.174. The number of hydrogen-bond acceptors (Lipinski definition) is 2. The van der Waals surface area contributed by atoms with E-state index < -0.39 is 0 Å². The number of anilines is 1. The van der Waals surface area contributed by atoms with Gasteiger partial charge in [0, 0.05) is 32.9 Å². The third-order valence-corrected chi connectivity index (χ3v) is 4.94. The Morgan fingerprint density at radius 2 is 1.77 bits per heavy atom. The fourth-order valence-electron chi connectivity index (χ4n) is 2.73. The number of benzene rings is 2. The summed E-state index contributed by atoms with van der Waals surface area (Å²) in [6, 6.07) is 13.0. The first-order valence-electron chi connectivity index (χ1n) is 8.21. The molecule has 0 saturated carbocycles. The molecule has 1 heterocycles. The van der Waals surface area contributed by atoms with E-state index in [1.807, 2.05) is 45.0 Å². The van der Waals surface area contributed by atoms with Gasteiger partial charge in [0.2, 0.25) is 0 Å². The summed E-state index contributed by atoms with van der Waals surface area (Å²) >= 11 is 12.5. The topological polar surface area (TPSA) is 46.9 Å². The molecule has 3 aromatic rings. The van der Waals surface area contributed by atoms with E-state index in [2.05, 4.69) is 10.4 Å². The van der Waals surface area contributed by atoms with Crippen molar-refractivity contribution in [3.8, 4) is 0 Å². The number of nitrogens with one attached hydrogen (secondary N) is 1. The molecule has 0 atom stereocenters. The van der Waals surface area contributed by atoms with Crippen molar-refractivity contribution in [2.75, 3.05) is 5.32 Å². The monoisotopic (exact) mass is 387 g/mol. The van der Waals surface area contributed by atoms with Crippen molar-refractivity contribution >= 4 is 34.9 Å². The molecule has 2 aromatic carbocycles. The molecule has 0 aliphatic heterocycles. The van der Waals surface area contributed by atoms with Crippen molar-refractivity contribution in [1.82, 2.24) is 9.78 Å². The molecular weight excluding hydrogens is 369 g/mol. The van der Waals surface area contributed by atoms with Crippen LogP contribution in [0.3, 0.4) is 0 Å². The fraction of sp³-hybridized carbons (Fsp3) is 0.200. The molecule has 134 valence electrons. The molecule has 4 nitrogen and oxygen atoms in total. The average Bonchev–Trinajstić information content (AvgIpc) is 2.92. The van der Waals surface area contributed by atoms with Crippen molar-refractivity contribution in [2.45, 2.75) is 27.3 Å². The second-order valence-electron chi connectivity index (χ2n) is 6.30. The van der Waals surface area contributed by atoms with Gasteiger partial charge in [-0.15, -0.1) is 0 Å². The molecule has 0 spiro atoms. The minimum Gasteiger partial charge on any atom is -0.305 e. The van der Waals surface area contributed by atoms with E-state index in [-0.39, 0.29) is 5.91 Å². The van der Waals surface area contributed by atoms with Crippen LogP contribution in [-0.2, 0) is 6.54 Å². The van der Waals surface area contributed by atoms with Gasteiger partial charge < -0.3 is 5.32 Å². The van der Waals surface area contributed by atoms with E-state index in [1.165, 1.54) is 0 Å². The van der Waals surface area contributed by atoms with E-state index >= 15 is 0 Å². The van der Waals surface area contributed by atoms with Gasteiger partial charge in [0.05, 0.1) is 6.54 Å². The van der Waals surface area contributed by atoms with Gasteiger partial charge in [-0.05, 0) is 44.5 Å². The fourth-order valence-corrected chi connectivity index (χ4v) is 3.25. The van der Waals surface area contributed by atoms with Crippen LogP contribution in [0.2, 0.25) is 10.0 Å². The number of aromatic nitrogens is 2. The quantitative estimate of drug-likeness (QED) is 0.649. The van der Waals surface area contributed by atoms with Crippen molar-refractivity contribution in [3.05, 3.63) is 80.5 Å². The number of nitrogens with zero attached hydrogens (tertiary/aromatic N) is 2. The number of halogens is 2. The molecule has 3 rings (SSSR count). The first-order chi connectivity index (χ1) is 12.3. The average molecular weight is 388 g/mol. The lowest BCUT2D eigenvalue weighted by Crippen LogP contribution is -2.14. The van der Waals surface area contributed by atoms with Crippen molar-refractivity contribution in [3.63, 3.8) is 0 Å². The van der Waals surface area contributed by atoms with Crippen LogP contribution in [0.25, 0.3) is 0 Å². The van der Waals surface area contributed by atoms with Crippen LogP contribution >= 0.6 is 23.2 Å². The molecule has 0 bridgehead atoms. The molecule has 0 fully saturated rings. The van der Waals surface area contributed by atoms with E-state index in [9.17, 15) is 4.79 Å². The smallest absolute Gasteiger partial charge is 0.257 e. The molecule has 1 N–H and O–H groups in total. The number of amides is 1. The third-order valence-electron chi connectivity index (χ3n) is 4.23. The molecule has 0 unspecified atom stereocenters. The summed E-state index contributed by atoms with van der Waals surface area (Å²) in [5.74, 6) is 0.322. The molecule has 0 radical (unpaired) electrons. The van der Waals surface area contributed by atoms with Gasteiger partial charge in [-0.2, -0.15) is 5.10 Å². The van der Waals surface area contributed by atoms with Gasteiger partial charge in [-0.3, -0.25) is 9.48 Å². The number of hydrogen-bond donors (Lipinski definition) is 1. The Kier molecular flexibility index (Phi) is 5.35. The third kappa shape index (κ3) is 3.92. The molecule has 6 heteroatoms. The second kappa shape index (κ2) is 7.52. The minimum atomic E-state index is -0.174. The zero-order valence-corrected chi connectivity index (χ0v) is 16.3. The summed E-state index contributed by atoms with van der Waals surface area (Å²) in [6.07, 6.45) is 0.